The molecule has 3 aromatic rings. The number of ether oxygens (including phenoxy) is 1. The predicted octanol–water partition coefficient (Wildman–Crippen LogP) is 5.05. The fourth-order valence-corrected chi connectivity index (χ4v) is 3.38. The van der Waals surface area contributed by atoms with Crippen molar-refractivity contribution in [3.8, 4) is 5.75 Å². The number of carbonyl (C=O) groups excluding carboxylic acids is 1. The van der Waals surface area contributed by atoms with Gasteiger partial charge in [-0.25, -0.2) is 0 Å². The van der Waals surface area contributed by atoms with E-state index < -0.39 is 15.8 Å². The van der Waals surface area contributed by atoms with Crippen LogP contribution in [0.15, 0.2) is 53.9 Å². The molecule has 0 aliphatic carbocycles. The number of nitro groups is 2. The monoisotopic (exact) mass is 433 g/mol. The van der Waals surface area contributed by atoms with Crippen LogP contribution in [0.3, 0.4) is 0 Å². The first-order chi connectivity index (χ1) is 13.8. The van der Waals surface area contributed by atoms with E-state index in [1.54, 1.807) is 23.6 Å². The van der Waals surface area contributed by atoms with Gasteiger partial charge in [0.05, 0.1) is 25.4 Å². The number of halogens is 1. The van der Waals surface area contributed by atoms with Gasteiger partial charge >= 0.3 is 5.69 Å². The fraction of sp³-hybridized carbons (Fsp3) is 0.0556. The molecule has 0 atom stereocenters. The Kier molecular flexibility index (Phi) is 6.05. The minimum Gasteiger partial charge on any atom is -0.482 e. The SMILES string of the molecule is O=C(Nc1ccc([N+](=O)[O-])cc1Cl)c1cc(COc2ccccc2[N+](=O)[O-])cs1. The number of rotatable bonds is 7. The molecule has 1 amide bonds. The number of anilines is 1. The summed E-state index contributed by atoms with van der Waals surface area (Å²) in [7, 11) is 0. The van der Waals surface area contributed by atoms with Crippen molar-refractivity contribution in [1.82, 2.24) is 0 Å². The molecule has 1 aromatic heterocycles. The van der Waals surface area contributed by atoms with Crippen molar-refractivity contribution in [2.45, 2.75) is 6.61 Å². The van der Waals surface area contributed by atoms with Gasteiger partial charge in [-0.15, -0.1) is 11.3 Å². The second-order valence-electron chi connectivity index (χ2n) is 5.71. The zero-order chi connectivity index (χ0) is 21.0. The largest absolute Gasteiger partial charge is 0.482 e. The van der Waals surface area contributed by atoms with E-state index in [0.717, 1.165) is 17.4 Å². The number of non-ortho nitro benzene ring substituents is 1. The third kappa shape index (κ3) is 4.86. The zero-order valence-corrected chi connectivity index (χ0v) is 16.1. The molecule has 9 nitrogen and oxygen atoms in total. The maximum atomic E-state index is 12.4. The van der Waals surface area contributed by atoms with Crippen LogP contribution in [0.1, 0.15) is 15.2 Å². The van der Waals surface area contributed by atoms with Crippen LogP contribution >= 0.6 is 22.9 Å². The molecule has 0 unspecified atom stereocenters. The smallest absolute Gasteiger partial charge is 0.310 e. The van der Waals surface area contributed by atoms with Gasteiger partial charge in [-0.1, -0.05) is 23.7 Å². The lowest BCUT2D eigenvalue weighted by molar-refractivity contribution is -0.386. The first-order valence-corrected chi connectivity index (χ1v) is 9.30. The van der Waals surface area contributed by atoms with Crippen LogP contribution in [0.25, 0.3) is 0 Å². The molecule has 0 bridgehead atoms. The summed E-state index contributed by atoms with van der Waals surface area (Å²) < 4.78 is 5.50. The Bertz CT molecular complexity index is 1100. The normalized spacial score (nSPS) is 10.4. The number of amides is 1. The predicted molar refractivity (Wildman–Crippen MR) is 108 cm³/mol. The second kappa shape index (κ2) is 8.67. The van der Waals surface area contributed by atoms with Gasteiger partial charge in [0.2, 0.25) is 0 Å². The van der Waals surface area contributed by atoms with E-state index in [9.17, 15) is 25.0 Å². The van der Waals surface area contributed by atoms with E-state index in [1.165, 1.54) is 24.3 Å². The molecule has 148 valence electrons. The van der Waals surface area contributed by atoms with Crippen molar-refractivity contribution in [2.75, 3.05) is 5.32 Å². The van der Waals surface area contributed by atoms with Gasteiger partial charge in [0.25, 0.3) is 11.6 Å². The summed E-state index contributed by atoms with van der Waals surface area (Å²) in [5.74, 6) is -0.310. The average molecular weight is 434 g/mol. The molecule has 0 saturated heterocycles. The molecular weight excluding hydrogens is 422 g/mol. The maximum absolute atomic E-state index is 12.4. The molecule has 1 N–H and O–H groups in total. The Morgan fingerprint density at radius 2 is 1.86 bits per heavy atom. The molecule has 3 rings (SSSR count). The summed E-state index contributed by atoms with van der Waals surface area (Å²) in [6.07, 6.45) is 0. The van der Waals surface area contributed by atoms with E-state index in [2.05, 4.69) is 5.32 Å². The lowest BCUT2D eigenvalue weighted by atomic mass is 10.2. The quantitative estimate of drug-likeness (QED) is 0.410. The van der Waals surface area contributed by atoms with Gasteiger partial charge < -0.3 is 10.1 Å². The van der Waals surface area contributed by atoms with Gasteiger partial charge in [-0.3, -0.25) is 25.0 Å². The fourth-order valence-electron chi connectivity index (χ4n) is 2.36. The number of nitrogens with one attached hydrogen (secondary N) is 1. The number of para-hydroxylation sites is 2. The molecule has 29 heavy (non-hydrogen) atoms. The summed E-state index contributed by atoms with van der Waals surface area (Å²) in [5, 5.41) is 26.1. The standard InChI is InChI=1S/C18H12ClN3O6S/c19-13-8-12(21(24)25)5-6-14(13)20-18(23)17-7-11(10-29-17)9-28-16-4-2-1-3-15(16)22(26)27/h1-8,10H,9H2,(H,20,23). The summed E-state index contributed by atoms with van der Waals surface area (Å²) in [6, 6.07) is 11.3. The first-order valence-electron chi connectivity index (χ1n) is 8.04. The van der Waals surface area contributed by atoms with E-state index in [-0.39, 0.29) is 34.4 Å². The van der Waals surface area contributed by atoms with Crippen LogP contribution < -0.4 is 10.1 Å². The Hall–Kier alpha value is -3.50. The lowest BCUT2D eigenvalue weighted by Crippen LogP contribution is -2.10. The number of carbonyl (C=O) groups is 1. The highest BCUT2D eigenvalue weighted by atomic mass is 35.5. The van der Waals surface area contributed by atoms with Crippen molar-refractivity contribution >= 4 is 45.9 Å². The van der Waals surface area contributed by atoms with Crippen molar-refractivity contribution in [2.24, 2.45) is 0 Å². The Morgan fingerprint density at radius 1 is 1.10 bits per heavy atom. The number of nitrogens with zero attached hydrogens (tertiary/aromatic N) is 2. The van der Waals surface area contributed by atoms with Crippen molar-refractivity contribution in [1.29, 1.82) is 0 Å². The number of nitro benzene ring substituents is 2. The average Bonchev–Trinajstić information content (AvgIpc) is 3.17. The Labute approximate surface area is 172 Å². The highest BCUT2D eigenvalue weighted by Gasteiger charge is 2.16. The molecule has 0 spiro atoms. The highest BCUT2D eigenvalue weighted by molar-refractivity contribution is 7.12. The van der Waals surface area contributed by atoms with E-state index in [4.69, 9.17) is 16.3 Å². The molecule has 1 heterocycles. The summed E-state index contributed by atoms with van der Waals surface area (Å²) in [4.78, 5) is 33.4. The number of thiophene rings is 1. The Balaban J connectivity index is 1.66. The number of hydrogen-bond acceptors (Lipinski definition) is 7. The van der Waals surface area contributed by atoms with Gasteiger partial charge in [-0.05, 0) is 23.6 Å². The van der Waals surface area contributed by atoms with Gasteiger partial charge in [-0.2, -0.15) is 0 Å². The first kappa shape index (κ1) is 20.2. The van der Waals surface area contributed by atoms with Crippen LogP contribution in [0.2, 0.25) is 5.02 Å². The zero-order valence-electron chi connectivity index (χ0n) is 14.5. The van der Waals surface area contributed by atoms with Crippen molar-refractivity contribution in [3.05, 3.63) is 89.6 Å². The number of benzene rings is 2. The molecule has 0 aliphatic heterocycles. The second-order valence-corrected chi connectivity index (χ2v) is 7.03. The summed E-state index contributed by atoms with van der Waals surface area (Å²) in [5.41, 5.74) is 0.577. The molecule has 0 fully saturated rings. The molecule has 11 heteroatoms. The minimum absolute atomic E-state index is 0.0454. The van der Waals surface area contributed by atoms with E-state index >= 15 is 0 Å². The summed E-state index contributed by atoms with van der Waals surface area (Å²) >= 11 is 7.14. The van der Waals surface area contributed by atoms with Crippen LogP contribution in [-0.4, -0.2) is 15.8 Å². The van der Waals surface area contributed by atoms with Gasteiger partial charge in [0.15, 0.2) is 5.75 Å². The molecule has 0 radical (unpaired) electrons. The van der Waals surface area contributed by atoms with Crippen LogP contribution in [0, 0.1) is 20.2 Å². The van der Waals surface area contributed by atoms with Crippen molar-refractivity contribution in [3.63, 3.8) is 0 Å². The van der Waals surface area contributed by atoms with E-state index in [0.29, 0.717) is 10.4 Å². The lowest BCUT2D eigenvalue weighted by Gasteiger charge is -2.06. The van der Waals surface area contributed by atoms with Gasteiger partial charge in [0.1, 0.15) is 6.61 Å². The Morgan fingerprint density at radius 3 is 2.55 bits per heavy atom. The molecular formula is C18H12ClN3O6S. The third-order valence-corrected chi connectivity index (χ3v) is 5.04. The summed E-state index contributed by atoms with van der Waals surface area (Å²) in [6.45, 7) is 0.0485. The highest BCUT2D eigenvalue weighted by Crippen LogP contribution is 2.29. The maximum Gasteiger partial charge on any atom is 0.310 e. The molecule has 0 aliphatic rings. The van der Waals surface area contributed by atoms with Crippen LogP contribution in [-0.2, 0) is 6.61 Å². The van der Waals surface area contributed by atoms with Crippen molar-refractivity contribution < 1.29 is 19.4 Å². The van der Waals surface area contributed by atoms with E-state index in [1.807, 2.05) is 0 Å². The topological polar surface area (TPSA) is 125 Å². The minimum atomic E-state index is -0.583. The van der Waals surface area contributed by atoms with Crippen LogP contribution in [0.4, 0.5) is 17.1 Å². The molecule has 2 aromatic carbocycles. The van der Waals surface area contributed by atoms with Crippen LogP contribution in [0.5, 0.6) is 5.75 Å². The number of hydrogen-bond donors (Lipinski definition) is 1. The molecule has 0 saturated carbocycles. The third-order valence-electron chi connectivity index (χ3n) is 3.75. The van der Waals surface area contributed by atoms with Gasteiger partial charge in [0, 0.05) is 23.8 Å².